The summed E-state index contributed by atoms with van der Waals surface area (Å²) >= 11 is 0. The molecule has 0 bridgehead atoms. The summed E-state index contributed by atoms with van der Waals surface area (Å²) in [7, 11) is 0. The van der Waals surface area contributed by atoms with E-state index in [1.54, 1.807) is 25.1 Å². The molecular formula is C15H12F2O. The Labute approximate surface area is 104 Å². The van der Waals surface area contributed by atoms with Crippen LogP contribution < -0.4 is 0 Å². The molecule has 0 aliphatic heterocycles. The predicted octanol–water partition coefficient (Wildman–Crippen LogP) is 3.70. The summed E-state index contributed by atoms with van der Waals surface area (Å²) in [5.41, 5.74) is 1.65. The molecule has 2 rings (SSSR count). The van der Waals surface area contributed by atoms with E-state index < -0.39 is 5.82 Å². The van der Waals surface area contributed by atoms with Gasteiger partial charge in [0.05, 0.1) is 0 Å². The van der Waals surface area contributed by atoms with Gasteiger partial charge in [-0.05, 0) is 42.3 Å². The molecule has 0 radical (unpaired) electrons. The van der Waals surface area contributed by atoms with Crippen molar-refractivity contribution in [2.24, 2.45) is 0 Å². The standard InChI is InChI=1S/C15H12F2O/c1-10-5-6-13(17)9-14(10)15(18)8-11-3-2-4-12(16)7-11/h2-7,9H,8H2,1H3. The Morgan fingerprint density at radius 1 is 1.06 bits per heavy atom. The van der Waals surface area contributed by atoms with E-state index in [4.69, 9.17) is 0 Å². The summed E-state index contributed by atoms with van der Waals surface area (Å²) in [6.07, 6.45) is 0.0715. The molecule has 0 heterocycles. The van der Waals surface area contributed by atoms with Crippen LogP contribution >= 0.6 is 0 Å². The molecule has 0 aliphatic rings. The molecule has 2 aromatic rings. The maximum absolute atomic E-state index is 13.1. The molecule has 1 nitrogen and oxygen atoms in total. The van der Waals surface area contributed by atoms with Crippen LogP contribution in [0.1, 0.15) is 21.5 Å². The highest BCUT2D eigenvalue weighted by molar-refractivity contribution is 5.98. The lowest BCUT2D eigenvalue weighted by Crippen LogP contribution is -2.06. The lowest BCUT2D eigenvalue weighted by Gasteiger charge is -2.05. The van der Waals surface area contributed by atoms with Crippen LogP contribution in [0.5, 0.6) is 0 Å². The minimum absolute atomic E-state index is 0.0715. The van der Waals surface area contributed by atoms with Crippen molar-refractivity contribution in [1.29, 1.82) is 0 Å². The van der Waals surface area contributed by atoms with Gasteiger partial charge in [0.2, 0.25) is 0 Å². The van der Waals surface area contributed by atoms with E-state index in [1.807, 2.05) is 0 Å². The molecule has 0 spiro atoms. The van der Waals surface area contributed by atoms with Crippen LogP contribution in [0, 0.1) is 18.6 Å². The van der Waals surface area contributed by atoms with E-state index in [-0.39, 0.29) is 18.0 Å². The predicted molar refractivity (Wildman–Crippen MR) is 65.6 cm³/mol. The zero-order valence-electron chi connectivity index (χ0n) is 9.91. The van der Waals surface area contributed by atoms with E-state index in [1.165, 1.54) is 24.3 Å². The number of halogens is 2. The number of carbonyl (C=O) groups is 1. The highest BCUT2D eigenvalue weighted by atomic mass is 19.1. The highest BCUT2D eigenvalue weighted by Crippen LogP contribution is 2.14. The van der Waals surface area contributed by atoms with Crippen molar-refractivity contribution < 1.29 is 13.6 Å². The summed E-state index contributed by atoms with van der Waals surface area (Å²) in [6.45, 7) is 1.75. The second-order valence-corrected chi connectivity index (χ2v) is 4.19. The third kappa shape index (κ3) is 2.80. The smallest absolute Gasteiger partial charge is 0.167 e. The second-order valence-electron chi connectivity index (χ2n) is 4.19. The summed E-state index contributed by atoms with van der Waals surface area (Å²) in [5, 5.41) is 0. The lowest BCUT2D eigenvalue weighted by molar-refractivity contribution is 0.0992. The molecule has 0 saturated heterocycles. The first-order valence-electron chi connectivity index (χ1n) is 5.60. The fraction of sp³-hybridized carbons (Fsp3) is 0.133. The first-order valence-corrected chi connectivity index (χ1v) is 5.60. The van der Waals surface area contributed by atoms with Gasteiger partial charge in [-0.1, -0.05) is 18.2 Å². The van der Waals surface area contributed by atoms with Crippen LogP contribution in [0.25, 0.3) is 0 Å². The van der Waals surface area contributed by atoms with Gasteiger partial charge in [-0.2, -0.15) is 0 Å². The van der Waals surface area contributed by atoms with Gasteiger partial charge in [0.15, 0.2) is 5.78 Å². The van der Waals surface area contributed by atoms with Crippen molar-refractivity contribution in [2.45, 2.75) is 13.3 Å². The summed E-state index contributed by atoms with van der Waals surface area (Å²) < 4.78 is 26.1. The van der Waals surface area contributed by atoms with Gasteiger partial charge in [-0.15, -0.1) is 0 Å². The number of ketones is 1. The van der Waals surface area contributed by atoms with Crippen molar-refractivity contribution in [3.63, 3.8) is 0 Å². The molecule has 0 fully saturated rings. The summed E-state index contributed by atoms with van der Waals surface area (Å²) in [6, 6.07) is 9.96. The van der Waals surface area contributed by atoms with Gasteiger partial charge in [-0.25, -0.2) is 8.78 Å². The molecule has 0 aromatic heterocycles. The van der Waals surface area contributed by atoms with Gasteiger partial charge in [-0.3, -0.25) is 4.79 Å². The maximum Gasteiger partial charge on any atom is 0.167 e. The van der Waals surface area contributed by atoms with Crippen molar-refractivity contribution in [1.82, 2.24) is 0 Å². The van der Waals surface area contributed by atoms with Gasteiger partial charge >= 0.3 is 0 Å². The first-order chi connectivity index (χ1) is 8.56. The van der Waals surface area contributed by atoms with Crippen molar-refractivity contribution in [3.8, 4) is 0 Å². The van der Waals surface area contributed by atoms with Crippen LogP contribution in [0.3, 0.4) is 0 Å². The molecule has 0 saturated carbocycles. The molecule has 0 unspecified atom stereocenters. The third-order valence-electron chi connectivity index (χ3n) is 2.75. The number of hydrogen-bond acceptors (Lipinski definition) is 1. The number of hydrogen-bond donors (Lipinski definition) is 0. The Balaban J connectivity index is 2.24. The van der Waals surface area contributed by atoms with Gasteiger partial charge in [0.1, 0.15) is 11.6 Å². The molecule has 3 heteroatoms. The van der Waals surface area contributed by atoms with Crippen LogP contribution in [-0.2, 0) is 6.42 Å². The number of Topliss-reactive ketones (excluding diaryl/α,β-unsaturated/α-hetero) is 1. The summed E-state index contributed by atoms with van der Waals surface area (Å²) in [4.78, 5) is 12.0. The minimum atomic E-state index is -0.441. The molecule has 0 aliphatic carbocycles. The molecule has 0 amide bonds. The van der Waals surface area contributed by atoms with Crippen LogP contribution in [0.15, 0.2) is 42.5 Å². The SMILES string of the molecule is Cc1ccc(F)cc1C(=O)Cc1cccc(F)c1. The number of aryl methyl sites for hydroxylation is 1. The quantitative estimate of drug-likeness (QED) is 0.755. The van der Waals surface area contributed by atoms with Gasteiger partial charge in [0, 0.05) is 12.0 Å². The van der Waals surface area contributed by atoms with E-state index in [0.29, 0.717) is 11.1 Å². The Kier molecular flexibility index (Phi) is 3.51. The van der Waals surface area contributed by atoms with E-state index in [2.05, 4.69) is 0 Å². The molecular weight excluding hydrogens is 234 g/mol. The Morgan fingerprint density at radius 2 is 1.78 bits per heavy atom. The molecule has 0 N–H and O–H groups in total. The highest BCUT2D eigenvalue weighted by Gasteiger charge is 2.11. The molecule has 92 valence electrons. The largest absolute Gasteiger partial charge is 0.294 e. The Morgan fingerprint density at radius 3 is 2.50 bits per heavy atom. The fourth-order valence-electron chi connectivity index (χ4n) is 1.82. The number of benzene rings is 2. The fourth-order valence-corrected chi connectivity index (χ4v) is 1.82. The third-order valence-corrected chi connectivity index (χ3v) is 2.75. The van der Waals surface area contributed by atoms with Gasteiger partial charge < -0.3 is 0 Å². The van der Waals surface area contributed by atoms with Crippen LogP contribution in [0.4, 0.5) is 8.78 Å². The zero-order valence-corrected chi connectivity index (χ0v) is 9.91. The molecule has 2 aromatic carbocycles. The first kappa shape index (κ1) is 12.4. The molecule has 18 heavy (non-hydrogen) atoms. The zero-order chi connectivity index (χ0) is 13.1. The van der Waals surface area contributed by atoms with Crippen molar-refractivity contribution in [3.05, 3.63) is 70.8 Å². The summed E-state index contributed by atoms with van der Waals surface area (Å²) in [5.74, 6) is -1.03. The Hall–Kier alpha value is -2.03. The molecule has 0 atom stereocenters. The lowest BCUT2D eigenvalue weighted by atomic mass is 9.99. The average Bonchev–Trinajstić information content (AvgIpc) is 2.32. The van der Waals surface area contributed by atoms with Crippen LogP contribution in [0.2, 0.25) is 0 Å². The van der Waals surface area contributed by atoms with Crippen molar-refractivity contribution in [2.75, 3.05) is 0 Å². The topological polar surface area (TPSA) is 17.1 Å². The van der Waals surface area contributed by atoms with E-state index in [0.717, 1.165) is 5.56 Å². The van der Waals surface area contributed by atoms with Crippen LogP contribution in [-0.4, -0.2) is 5.78 Å². The van der Waals surface area contributed by atoms with Crippen molar-refractivity contribution >= 4 is 5.78 Å². The average molecular weight is 246 g/mol. The van der Waals surface area contributed by atoms with E-state index >= 15 is 0 Å². The number of rotatable bonds is 3. The maximum atomic E-state index is 13.1. The van der Waals surface area contributed by atoms with E-state index in [9.17, 15) is 13.6 Å². The Bertz CT molecular complexity index is 591. The minimum Gasteiger partial charge on any atom is -0.294 e. The monoisotopic (exact) mass is 246 g/mol. The number of carbonyl (C=O) groups excluding carboxylic acids is 1. The second kappa shape index (κ2) is 5.08. The van der Waals surface area contributed by atoms with Gasteiger partial charge in [0.25, 0.3) is 0 Å². The normalized spacial score (nSPS) is 10.4.